The highest BCUT2D eigenvalue weighted by atomic mass is 32.1. The Bertz CT molecular complexity index is 786. The normalized spacial score (nSPS) is 18.3. The van der Waals surface area contributed by atoms with Gasteiger partial charge in [0.2, 0.25) is 0 Å². The van der Waals surface area contributed by atoms with Gasteiger partial charge >= 0.3 is 0 Å². The van der Waals surface area contributed by atoms with Crippen molar-refractivity contribution in [3.8, 4) is 0 Å². The summed E-state index contributed by atoms with van der Waals surface area (Å²) in [4.78, 5) is 10.0. The van der Waals surface area contributed by atoms with Gasteiger partial charge in [-0.05, 0) is 32.0 Å². The Kier molecular flexibility index (Phi) is 3.79. The Morgan fingerprint density at radius 3 is 2.91 bits per heavy atom. The van der Waals surface area contributed by atoms with Crippen LogP contribution in [0.3, 0.4) is 0 Å². The Hall–Kier alpha value is -1.92. The van der Waals surface area contributed by atoms with Crippen molar-refractivity contribution in [2.75, 3.05) is 6.54 Å². The number of thiophene rings is 1. The minimum atomic E-state index is 0.345. The average Bonchev–Trinajstić information content (AvgIpc) is 3.25. The van der Waals surface area contributed by atoms with Crippen molar-refractivity contribution in [1.29, 1.82) is 0 Å². The van der Waals surface area contributed by atoms with E-state index in [0.29, 0.717) is 6.04 Å². The molecule has 5 nitrogen and oxygen atoms in total. The van der Waals surface area contributed by atoms with Gasteiger partial charge in [0.1, 0.15) is 5.82 Å². The molecule has 0 saturated carbocycles. The zero-order valence-corrected chi connectivity index (χ0v) is 14.3. The topological polar surface area (TPSA) is 38.9 Å². The second kappa shape index (κ2) is 5.94. The molecule has 0 N–H and O–H groups in total. The Morgan fingerprint density at radius 1 is 1.26 bits per heavy atom. The van der Waals surface area contributed by atoms with Gasteiger partial charge in [-0.1, -0.05) is 0 Å². The molecule has 0 spiro atoms. The van der Waals surface area contributed by atoms with Gasteiger partial charge < -0.3 is 4.57 Å². The van der Waals surface area contributed by atoms with Crippen LogP contribution in [0.25, 0.3) is 0 Å². The quantitative estimate of drug-likeness (QED) is 0.739. The molecule has 6 heteroatoms. The largest absolute Gasteiger partial charge is 0.328 e. The Morgan fingerprint density at radius 2 is 2.17 bits per heavy atom. The van der Waals surface area contributed by atoms with Gasteiger partial charge in [-0.25, -0.2) is 4.98 Å². The summed E-state index contributed by atoms with van der Waals surface area (Å²) in [5.74, 6) is 1.17. The molecule has 4 heterocycles. The summed E-state index contributed by atoms with van der Waals surface area (Å²) in [5, 5.41) is 4.30. The third-order valence-electron chi connectivity index (χ3n) is 4.54. The molecule has 0 aromatic carbocycles. The predicted molar refractivity (Wildman–Crippen MR) is 91.4 cm³/mol. The fourth-order valence-corrected chi connectivity index (χ4v) is 4.19. The first kappa shape index (κ1) is 14.7. The van der Waals surface area contributed by atoms with E-state index in [-0.39, 0.29) is 0 Å². The fraction of sp³-hybridized carbons (Fsp3) is 0.412. The van der Waals surface area contributed by atoms with Crippen molar-refractivity contribution in [2.45, 2.75) is 39.5 Å². The molecule has 0 amide bonds. The number of aryl methyl sites for hydroxylation is 1. The summed E-state index contributed by atoms with van der Waals surface area (Å²) < 4.78 is 4.32. The van der Waals surface area contributed by atoms with Crippen LogP contribution in [0.2, 0.25) is 0 Å². The van der Waals surface area contributed by atoms with Gasteiger partial charge in [0.15, 0.2) is 0 Å². The molecule has 120 valence electrons. The molecule has 4 rings (SSSR count). The third kappa shape index (κ3) is 2.84. The second-order valence-electron chi connectivity index (χ2n) is 6.12. The standard InChI is InChI=1S/C17H21N5S/c1-13-4-5-16(23-13)12-20-8-9-22-15(10-18-17(22)14(20)2)11-21-7-3-6-19-21/h3-7,10,14H,8-9,11-12H2,1-2H3. The number of fused-ring (bicyclic) bond motifs is 1. The molecule has 3 aromatic rings. The van der Waals surface area contributed by atoms with E-state index in [4.69, 9.17) is 4.98 Å². The number of hydrogen-bond donors (Lipinski definition) is 0. The lowest BCUT2D eigenvalue weighted by Gasteiger charge is -2.34. The molecule has 1 atom stereocenters. The van der Waals surface area contributed by atoms with Crippen LogP contribution in [-0.4, -0.2) is 30.8 Å². The van der Waals surface area contributed by atoms with E-state index < -0.39 is 0 Å². The summed E-state index contributed by atoms with van der Waals surface area (Å²) in [5.41, 5.74) is 1.24. The molecule has 0 bridgehead atoms. The first-order valence-corrected chi connectivity index (χ1v) is 8.83. The highest BCUT2D eigenvalue weighted by Gasteiger charge is 2.27. The first-order chi connectivity index (χ1) is 11.2. The van der Waals surface area contributed by atoms with E-state index >= 15 is 0 Å². The second-order valence-corrected chi connectivity index (χ2v) is 7.49. The van der Waals surface area contributed by atoms with Gasteiger partial charge in [0.25, 0.3) is 0 Å². The lowest BCUT2D eigenvalue weighted by atomic mass is 10.2. The zero-order valence-electron chi connectivity index (χ0n) is 13.5. The van der Waals surface area contributed by atoms with E-state index in [0.717, 1.165) is 26.2 Å². The minimum absolute atomic E-state index is 0.345. The number of imidazole rings is 1. The molecular formula is C17H21N5S. The number of rotatable bonds is 4. The first-order valence-electron chi connectivity index (χ1n) is 8.02. The minimum Gasteiger partial charge on any atom is -0.328 e. The molecule has 0 saturated heterocycles. The maximum Gasteiger partial charge on any atom is 0.126 e. The monoisotopic (exact) mass is 327 g/mol. The lowest BCUT2D eigenvalue weighted by molar-refractivity contribution is 0.156. The zero-order chi connectivity index (χ0) is 15.8. The summed E-state index contributed by atoms with van der Waals surface area (Å²) >= 11 is 1.89. The molecular weight excluding hydrogens is 306 g/mol. The van der Waals surface area contributed by atoms with Crippen LogP contribution in [-0.2, 0) is 19.6 Å². The molecule has 1 aliphatic heterocycles. The van der Waals surface area contributed by atoms with Crippen molar-refractivity contribution < 1.29 is 0 Å². The van der Waals surface area contributed by atoms with E-state index in [1.54, 1.807) is 0 Å². The molecule has 3 aromatic heterocycles. The van der Waals surface area contributed by atoms with E-state index in [9.17, 15) is 0 Å². The smallest absolute Gasteiger partial charge is 0.126 e. The maximum absolute atomic E-state index is 4.70. The van der Waals surface area contributed by atoms with Crippen molar-refractivity contribution in [1.82, 2.24) is 24.2 Å². The summed E-state index contributed by atoms with van der Waals surface area (Å²) in [6.45, 7) is 8.30. The van der Waals surface area contributed by atoms with Gasteiger partial charge in [-0.15, -0.1) is 11.3 Å². The van der Waals surface area contributed by atoms with E-state index in [2.05, 4.69) is 40.5 Å². The third-order valence-corrected chi connectivity index (χ3v) is 5.52. The number of aromatic nitrogens is 4. The maximum atomic E-state index is 4.70. The highest BCUT2D eigenvalue weighted by molar-refractivity contribution is 7.11. The predicted octanol–water partition coefficient (Wildman–Crippen LogP) is 3.07. The highest BCUT2D eigenvalue weighted by Crippen LogP contribution is 2.28. The van der Waals surface area contributed by atoms with Crippen LogP contribution in [0.15, 0.2) is 36.8 Å². The number of nitrogens with zero attached hydrogens (tertiary/aromatic N) is 5. The summed E-state index contributed by atoms with van der Waals surface area (Å²) in [7, 11) is 0. The van der Waals surface area contributed by atoms with Gasteiger partial charge in [-0.3, -0.25) is 9.58 Å². The van der Waals surface area contributed by atoms with Crippen LogP contribution in [0.4, 0.5) is 0 Å². The van der Waals surface area contributed by atoms with Gasteiger partial charge in [0, 0.05) is 41.8 Å². The van der Waals surface area contributed by atoms with Crippen molar-refractivity contribution in [2.24, 2.45) is 0 Å². The average molecular weight is 327 g/mol. The molecule has 0 aliphatic carbocycles. The molecule has 0 radical (unpaired) electrons. The summed E-state index contributed by atoms with van der Waals surface area (Å²) in [6, 6.07) is 6.76. The lowest BCUT2D eigenvalue weighted by Crippen LogP contribution is -2.37. The molecule has 1 unspecified atom stereocenters. The van der Waals surface area contributed by atoms with Crippen molar-refractivity contribution in [3.05, 3.63) is 58.1 Å². The molecule has 0 fully saturated rings. The van der Waals surface area contributed by atoms with Gasteiger partial charge in [0.05, 0.1) is 24.5 Å². The Labute approximate surface area is 140 Å². The van der Waals surface area contributed by atoms with Crippen LogP contribution in [0, 0.1) is 6.92 Å². The molecule has 23 heavy (non-hydrogen) atoms. The fourth-order valence-electron chi connectivity index (χ4n) is 3.28. The van der Waals surface area contributed by atoms with Gasteiger partial charge in [-0.2, -0.15) is 5.10 Å². The van der Waals surface area contributed by atoms with Crippen molar-refractivity contribution in [3.63, 3.8) is 0 Å². The SMILES string of the molecule is Cc1ccc(CN2CCn3c(Cn4cccn4)cnc3C2C)s1. The Balaban J connectivity index is 1.53. The number of hydrogen-bond acceptors (Lipinski definition) is 4. The van der Waals surface area contributed by atoms with Crippen LogP contribution in [0.5, 0.6) is 0 Å². The van der Waals surface area contributed by atoms with Crippen LogP contribution < -0.4 is 0 Å². The van der Waals surface area contributed by atoms with E-state index in [1.165, 1.54) is 21.3 Å². The van der Waals surface area contributed by atoms with Crippen LogP contribution >= 0.6 is 11.3 Å². The summed E-state index contributed by atoms with van der Waals surface area (Å²) in [6.07, 6.45) is 5.82. The molecule has 1 aliphatic rings. The van der Waals surface area contributed by atoms with Crippen LogP contribution in [0.1, 0.15) is 34.2 Å². The van der Waals surface area contributed by atoms with Crippen molar-refractivity contribution >= 4 is 11.3 Å². The van der Waals surface area contributed by atoms with E-state index in [1.807, 2.05) is 40.7 Å².